The molecule has 0 fully saturated rings. The maximum atomic E-state index is 12.3. The summed E-state index contributed by atoms with van der Waals surface area (Å²) in [5, 5.41) is 6.78. The Morgan fingerprint density at radius 3 is 2.08 bits per heavy atom. The van der Waals surface area contributed by atoms with E-state index in [-0.39, 0.29) is 12.0 Å². The minimum atomic E-state index is -4.53. The van der Waals surface area contributed by atoms with Gasteiger partial charge in [0.25, 0.3) is 0 Å². The van der Waals surface area contributed by atoms with E-state index in [0.717, 1.165) is 0 Å². The summed E-state index contributed by atoms with van der Waals surface area (Å²) in [6.45, 7) is 4.56. The highest BCUT2D eigenvalue weighted by molar-refractivity contribution is 5.78. The average molecular weight is 192 g/mol. The van der Waals surface area contributed by atoms with E-state index in [0.29, 0.717) is 6.21 Å². The number of hydrogen-bond donors (Lipinski definition) is 2. The fraction of sp³-hybridized carbons (Fsp3) is 0.375. The van der Waals surface area contributed by atoms with Crippen LogP contribution in [0.3, 0.4) is 0 Å². The minimum absolute atomic E-state index is 0.106. The zero-order chi connectivity index (χ0) is 10.6. The molecule has 5 heteroatoms. The number of allylic oxidation sites excluding steroid dienone is 2. The highest BCUT2D eigenvalue weighted by Crippen LogP contribution is 2.31. The largest absolute Gasteiger partial charge is 0.418 e. The van der Waals surface area contributed by atoms with Crippen LogP contribution in [0.15, 0.2) is 23.4 Å². The van der Waals surface area contributed by atoms with Gasteiger partial charge in [-0.05, 0) is 12.0 Å². The highest BCUT2D eigenvalue weighted by atomic mass is 19.4. The van der Waals surface area contributed by atoms with Crippen LogP contribution in [0.4, 0.5) is 13.2 Å². The van der Waals surface area contributed by atoms with Crippen molar-refractivity contribution in [3.63, 3.8) is 0 Å². The second-order valence-electron chi connectivity index (χ2n) is 2.42. The predicted octanol–water partition coefficient (Wildman–Crippen LogP) is 2.38. The Kier molecular flexibility index (Phi) is 3.71. The molecule has 0 saturated heterocycles. The van der Waals surface area contributed by atoms with Gasteiger partial charge in [-0.15, -0.1) is 0 Å². The van der Waals surface area contributed by atoms with Crippen molar-refractivity contribution in [3.8, 4) is 0 Å². The fourth-order valence-electron chi connectivity index (χ4n) is 0.921. The second kappa shape index (κ2) is 4.11. The Bertz CT molecular complexity index is 251. The van der Waals surface area contributed by atoms with Gasteiger partial charge >= 0.3 is 6.18 Å². The molecule has 0 aliphatic carbocycles. The van der Waals surface area contributed by atoms with Crippen LogP contribution < -0.4 is 5.73 Å². The zero-order valence-electron chi connectivity index (χ0n) is 7.20. The molecule has 0 rings (SSSR count). The Hall–Kier alpha value is -1.26. The van der Waals surface area contributed by atoms with Crippen LogP contribution in [0.2, 0.25) is 0 Å². The molecule has 0 aliphatic rings. The monoisotopic (exact) mass is 192 g/mol. The van der Waals surface area contributed by atoms with E-state index in [1.807, 2.05) is 0 Å². The van der Waals surface area contributed by atoms with Crippen molar-refractivity contribution < 1.29 is 13.2 Å². The molecule has 0 aliphatic heterocycles. The van der Waals surface area contributed by atoms with Crippen LogP contribution in [-0.4, -0.2) is 12.4 Å². The molecule has 0 bridgehead atoms. The lowest BCUT2D eigenvalue weighted by Gasteiger charge is -2.14. The van der Waals surface area contributed by atoms with Crippen LogP contribution in [0.5, 0.6) is 0 Å². The molecule has 0 heterocycles. The number of nitrogens with one attached hydrogen (secondary N) is 1. The molecule has 0 radical (unpaired) electrons. The van der Waals surface area contributed by atoms with E-state index in [1.165, 1.54) is 6.92 Å². The molecule has 0 atom stereocenters. The Morgan fingerprint density at radius 2 is 2.00 bits per heavy atom. The van der Waals surface area contributed by atoms with Gasteiger partial charge < -0.3 is 11.1 Å². The first-order valence-electron chi connectivity index (χ1n) is 3.60. The Balaban J connectivity index is 5.35. The van der Waals surface area contributed by atoms with Gasteiger partial charge in [0.05, 0.1) is 5.57 Å². The van der Waals surface area contributed by atoms with Gasteiger partial charge in [-0.3, -0.25) is 0 Å². The summed E-state index contributed by atoms with van der Waals surface area (Å²) < 4.78 is 36.9. The van der Waals surface area contributed by atoms with E-state index < -0.39 is 17.4 Å². The molecule has 13 heavy (non-hydrogen) atoms. The smallest absolute Gasteiger partial charge is 0.399 e. The number of rotatable bonds is 3. The van der Waals surface area contributed by atoms with Crippen LogP contribution in [0, 0.1) is 5.41 Å². The molecule has 0 aromatic rings. The summed E-state index contributed by atoms with van der Waals surface area (Å²) in [6, 6.07) is 0. The molecule has 0 unspecified atom stereocenters. The lowest BCUT2D eigenvalue weighted by molar-refractivity contribution is -0.0899. The molecule has 3 N–H and O–H groups in total. The van der Waals surface area contributed by atoms with Crippen LogP contribution in [0.25, 0.3) is 0 Å². The maximum Gasteiger partial charge on any atom is 0.418 e. The van der Waals surface area contributed by atoms with Crippen molar-refractivity contribution in [2.75, 3.05) is 0 Å². The van der Waals surface area contributed by atoms with Crippen LogP contribution >= 0.6 is 0 Å². The maximum absolute atomic E-state index is 12.3. The molecule has 0 aromatic heterocycles. The highest BCUT2D eigenvalue weighted by Gasteiger charge is 2.36. The topological polar surface area (TPSA) is 49.9 Å². The third-order valence-electron chi connectivity index (χ3n) is 1.48. The predicted molar refractivity (Wildman–Crippen MR) is 45.5 cm³/mol. The summed E-state index contributed by atoms with van der Waals surface area (Å²) in [7, 11) is 0. The molecule has 2 nitrogen and oxygen atoms in total. The van der Waals surface area contributed by atoms with E-state index in [4.69, 9.17) is 11.1 Å². The Morgan fingerprint density at radius 1 is 1.54 bits per heavy atom. The zero-order valence-corrected chi connectivity index (χ0v) is 7.20. The van der Waals surface area contributed by atoms with Gasteiger partial charge in [0.2, 0.25) is 0 Å². The van der Waals surface area contributed by atoms with E-state index in [1.54, 1.807) is 0 Å². The van der Waals surface area contributed by atoms with E-state index in [9.17, 15) is 13.2 Å². The molecule has 0 saturated carbocycles. The lowest BCUT2D eigenvalue weighted by Crippen LogP contribution is -2.20. The van der Waals surface area contributed by atoms with Gasteiger partial charge in [-0.2, -0.15) is 13.2 Å². The van der Waals surface area contributed by atoms with Crippen LogP contribution in [-0.2, 0) is 0 Å². The summed E-state index contributed by atoms with van der Waals surface area (Å²) in [5.74, 6) is 0. The first-order chi connectivity index (χ1) is 5.84. The molecule has 0 amide bonds. The van der Waals surface area contributed by atoms with Gasteiger partial charge in [-0.25, -0.2) is 0 Å². The van der Waals surface area contributed by atoms with Gasteiger partial charge in [0, 0.05) is 11.9 Å². The normalized spacial score (nSPS) is 13.5. The molecule has 74 valence electrons. The fourth-order valence-corrected chi connectivity index (χ4v) is 0.921. The van der Waals surface area contributed by atoms with Crippen molar-refractivity contribution in [2.45, 2.75) is 19.5 Å². The van der Waals surface area contributed by atoms with Crippen molar-refractivity contribution in [1.29, 1.82) is 5.41 Å². The lowest BCUT2D eigenvalue weighted by atomic mass is 10.0. The standard InChI is InChI=1S/C8H11F3N2/c1-3-6(4-12)7(5(2)13)8(9,10)11/h4,12H,2-3,13H2,1H3/b7-6+,12-4?. The van der Waals surface area contributed by atoms with E-state index >= 15 is 0 Å². The number of alkyl halides is 3. The van der Waals surface area contributed by atoms with Crippen molar-refractivity contribution in [1.82, 2.24) is 0 Å². The number of nitrogens with two attached hydrogens (primary N) is 1. The third kappa shape index (κ3) is 2.93. The van der Waals surface area contributed by atoms with Crippen LogP contribution in [0.1, 0.15) is 13.3 Å². The molecular weight excluding hydrogens is 181 g/mol. The molecule has 0 spiro atoms. The second-order valence-corrected chi connectivity index (χ2v) is 2.42. The Labute approximate surface area is 74.4 Å². The van der Waals surface area contributed by atoms with Gasteiger partial charge in [0.1, 0.15) is 0 Å². The van der Waals surface area contributed by atoms with Gasteiger partial charge in [-0.1, -0.05) is 13.5 Å². The molecule has 0 aromatic carbocycles. The first kappa shape index (κ1) is 11.7. The van der Waals surface area contributed by atoms with Crippen molar-refractivity contribution in [3.05, 3.63) is 23.4 Å². The minimum Gasteiger partial charge on any atom is -0.399 e. The third-order valence-corrected chi connectivity index (χ3v) is 1.48. The average Bonchev–Trinajstić information content (AvgIpc) is 1.96. The van der Waals surface area contributed by atoms with Crippen molar-refractivity contribution >= 4 is 6.21 Å². The molecular formula is C8H11F3N2. The SMILES string of the molecule is C=C(N)/C(=C(\C=N)CC)C(F)(F)F. The summed E-state index contributed by atoms with van der Waals surface area (Å²) in [6.07, 6.45) is -3.77. The number of hydrogen-bond acceptors (Lipinski definition) is 2. The van der Waals surface area contributed by atoms with E-state index in [2.05, 4.69) is 6.58 Å². The summed E-state index contributed by atoms with van der Waals surface area (Å²) >= 11 is 0. The summed E-state index contributed by atoms with van der Waals surface area (Å²) in [4.78, 5) is 0. The van der Waals surface area contributed by atoms with Gasteiger partial charge in [0.15, 0.2) is 0 Å². The number of halogens is 3. The quantitative estimate of drug-likeness (QED) is 0.523. The first-order valence-corrected chi connectivity index (χ1v) is 3.60. The van der Waals surface area contributed by atoms with Crippen molar-refractivity contribution in [2.24, 2.45) is 5.73 Å². The summed E-state index contributed by atoms with van der Waals surface area (Å²) in [5.41, 5.74) is 3.30.